The maximum Gasteiger partial charge on any atom is 0.269 e. The van der Waals surface area contributed by atoms with E-state index in [4.69, 9.17) is 9.57 Å². The van der Waals surface area contributed by atoms with E-state index in [1.807, 2.05) is 24.3 Å². The Morgan fingerprint density at radius 1 is 1.21 bits per heavy atom. The summed E-state index contributed by atoms with van der Waals surface area (Å²) < 4.78 is 5.61. The molecule has 0 saturated carbocycles. The van der Waals surface area contributed by atoms with Crippen LogP contribution in [-0.4, -0.2) is 17.7 Å². The van der Waals surface area contributed by atoms with Crippen LogP contribution in [0.4, 0.5) is 5.69 Å². The Bertz CT molecular complexity index is 696. The van der Waals surface area contributed by atoms with E-state index in [0.29, 0.717) is 18.1 Å². The minimum absolute atomic E-state index is 0.0389. The molecule has 0 N–H and O–H groups in total. The Labute approximate surface area is 140 Å². The molecule has 0 unspecified atom stereocenters. The molecule has 0 aliphatic heterocycles. The molecule has 0 amide bonds. The normalized spacial score (nSPS) is 11.0. The lowest BCUT2D eigenvalue weighted by Crippen LogP contribution is -2.04. The third-order valence-corrected chi connectivity index (χ3v) is 3.09. The molecule has 2 aromatic rings. The maximum atomic E-state index is 10.7. The quantitative estimate of drug-likeness (QED) is 0.414. The monoisotopic (exact) mass is 328 g/mol. The predicted molar refractivity (Wildman–Crippen MR) is 92.3 cm³/mol. The molecule has 0 heterocycles. The van der Waals surface area contributed by atoms with E-state index in [1.54, 1.807) is 18.3 Å². The van der Waals surface area contributed by atoms with Gasteiger partial charge in [-0.05, 0) is 41.3 Å². The molecule has 0 radical (unpaired) electrons. The van der Waals surface area contributed by atoms with Gasteiger partial charge in [0, 0.05) is 12.1 Å². The molecule has 0 fully saturated rings. The van der Waals surface area contributed by atoms with E-state index in [-0.39, 0.29) is 12.3 Å². The van der Waals surface area contributed by atoms with Gasteiger partial charge in [-0.3, -0.25) is 10.1 Å². The molecule has 0 aliphatic carbocycles. The molecule has 126 valence electrons. The molecule has 24 heavy (non-hydrogen) atoms. The first-order valence-electron chi connectivity index (χ1n) is 7.66. The standard InChI is InChI=1S/C18H20N2O4/c1-14(2)12-23-18-8-6-15(7-9-18)11-19-24-13-16-4-3-5-17(10-16)20(21)22/h3-11,14H,12-13H2,1-2H3/b19-11-. The maximum absolute atomic E-state index is 10.7. The number of non-ortho nitro benzene ring substituents is 1. The van der Waals surface area contributed by atoms with Gasteiger partial charge in [-0.2, -0.15) is 0 Å². The van der Waals surface area contributed by atoms with Crippen molar-refractivity contribution in [3.8, 4) is 5.75 Å². The van der Waals surface area contributed by atoms with Gasteiger partial charge in [0.2, 0.25) is 0 Å². The molecule has 0 aromatic heterocycles. The van der Waals surface area contributed by atoms with E-state index in [1.165, 1.54) is 12.1 Å². The average Bonchev–Trinajstić information content (AvgIpc) is 2.58. The van der Waals surface area contributed by atoms with Crippen LogP contribution < -0.4 is 4.74 Å². The van der Waals surface area contributed by atoms with E-state index < -0.39 is 4.92 Å². The highest BCUT2D eigenvalue weighted by atomic mass is 16.6. The van der Waals surface area contributed by atoms with Gasteiger partial charge in [-0.15, -0.1) is 0 Å². The number of nitro groups is 1. The number of benzene rings is 2. The van der Waals surface area contributed by atoms with E-state index >= 15 is 0 Å². The first-order valence-corrected chi connectivity index (χ1v) is 7.66. The number of rotatable bonds is 8. The molecule has 2 aromatic carbocycles. The van der Waals surface area contributed by atoms with Gasteiger partial charge in [0.15, 0.2) is 0 Å². The number of nitro benzene ring substituents is 1. The minimum atomic E-state index is -0.435. The highest BCUT2D eigenvalue weighted by molar-refractivity contribution is 5.79. The Morgan fingerprint density at radius 2 is 1.96 bits per heavy atom. The predicted octanol–water partition coefficient (Wildman–Crippen LogP) is 4.18. The Kier molecular flexibility index (Phi) is 6.31. The van der Waals surface area contributed by atoms with Gasteiger partial charge < -0.3 is 9.57 Å². The smallest absolute Gasteiger partial charge is 0.269 e. The highest BCUT2D eigenvalue weighted by Gasteiger charge is 2.05. The zero-order valence-electron chi connectivity index (χ0n) is 13.7. The van der Waals surface area contributed by atoms with Crippen LogP contribution in [0.25, 0.3) is 0 Å². The van der Waals surface area contributed by atoms with Crippen molar-refractivity contribution in [2.24, 2.45) is 11.1 Å². The largest absolute Gasteiger partial charge is 0.493 e. The van der Waals surface area contributed by atoms with Gasteiger partial charge in [0.05, 0.1) is 17.7 Å². The van der Waals surface area contributed by atoms with Crippen molar-refractivity contribution in [1.82, 2.24) is 0 Å². The zero-order valence-corrected chi connectivity index (χ0v) is 13.7. The molecule has 0 bridgehead atoms. The fourth-order valence-electron chi connectivity index (χ4n) is 1.88. The number of hydrogen-bond acceptors (Lipinski definition) is 5. The fraction of sp³-hybridized carbons (Fsp3) is 0.278. The van der Waals surface area contributed by atoms with Crippen LogP contribution in [0.15, 0.2) is 53.7 Å². The van der Waals surface area contributed by atoms with Gasteiger partial charge in [-0.25, -0.2) is 0 Å². The van der Waals surface area contributed by atoms with E-state index in [2.05, 4.69) is 19.0 Å². The molecular weight excluding hydrogens is 308 g/mol. The van der Waals surface area contributed by atoms with Crippen LogP contribution in [0.5, 0.6) is 5.75 Å². The summed E-state index contributed by atoms with van der Waals surface area (Å²) in [6, 6.07) is 13.8. The summed E-state index contributed by atoms with van der Waals surface area (Å²) >= 11 is 0. The third kappa shape index (κ3) is 5.72. The summed E-state index contributed by atoms with van der Waals surface area (Å²) in [7, 11) is 0. The second-order valence-electron chi connectivity index (χ2n) is 5.71. The molecule has 0 spiro atoms. The first-order chi connectivity index (χ1) is 11.5. The summed E-state index contributed by atoms with van der Waals surface area (Å²) in [5.74, 6) is 1.30. The number of nitrogens with zero attached hydrogens (tertiary/aromatic N) is 2. The number of hydrogen-bond donors (Lipinski definition) is 0. The fourth-order valence-corrected chi connectivity index (χ4v) is 1.88. The number of ether oxygens (including phenoxy) is 1. The zero-order chi connectivity index (χ0) is 17.4. The van der Waals surface area contributed by atoms with Crippen molar-refractivity contribution >= 4 is 11.9 Å². The van der Waals surface area contributed by atoms with Crippen molar-refractivity contribution in [1.29, 1.82) is 0 Å². The molecule has 0 saturated heterocycles. The van der Waals surface area contributed by atoms with Crippen molar-refractivity contribution < 1.29 is 14.5 Å². The van der Waals surface area contributed by atoms with Gasteiger partial charge in [0.25, 0.3) is 5.69 Å². The summed E-state index contributed by atoms with van der Waals surface area (Å²) in [4.78, 5) is 15.5. The summed E-state index contributed by atoms with van der Waals surface area (Å²) in [5.41, 5.74) is 1.61. The first kappa shape index (κ1) is 17.5. The average molecular weight is 328 g/mol. The molecule has 0 aliphatic rings. The van der Waals surface area contributed by atoms with Gasteiger partial charge in [-0.1, -0.05) is 31.1 Å². The molecular formula is C18H20N2O4. The molecule has 6 nitrogen and oxygen atoms in total. The Hall–Kier alpha value is -2.89. The Morgan fingerprint density at radius 3 is 2.62 bits per heavy atom. The third-order valence-electron chi connectivity index (χ3n) is 3.09. The second kappa shape index (κ2) is 8.67. The topological polar surface area (TPSA) is 74.0 Å². The molecule has 6 heteroatoms. The summed E-state index contributed by atoms with van der Waals surface area (Å²) in [6.07, 6.45) is 1.59. The van der Waals surface area contributed by atoms with Crippen molar-refractivity contribution in [2.75, 3.05) is 6.61 Å². The SMILES string of the molecule is CC(C)COc1ccc(/C=N\OCc2cccc([N+](=O)[O-])c2)cc1. The molecule has 2 rings (SSSR count). The van der Waals surface area contributed by atoms with Crippen molar-refractivity contribution in [3.05, 3.63) is 69.8 Å². The van der Waals surface area contributed by atoms with Gasteiger partial charge >= 0.3 is 0 Å². The van der Waals surface area contributed by atoms with Crippen LogP contribution in [-0.2, 0) is 11.4 Å². The summed E-state index contributed by atoms with van der Waals surface area (Å²) in [6.45, 7) is 5.05. The second-order valence-corrected chi connectivity index (χ2v) is 5.71. The van der Waals surface area contributed by atoms with Crippen LogP contribution in [0, 0.1) is 16.0 Å². The number of oxime groups is 1. The molecule has 0 atom stereocenters. The van der Waals surface area contributed by atoms with Crippen molar-refractivity contribution in [2.45, 2.75) is 20.5 Å². The van der Waals surface area contributed by atoms with Crippen LogP contribution in [0.2, 0.25) is 0 Å². The van der Waals surface area contributed by atoms with Gasteiger partial charge in [0.1, 0.15) is 12.4 Å². The Balaban J connectivity index is 1.83. The van der Waals surface area contributed by atoms with Crippen molar-refractivity contribution in [3.63, 3.8) is 0 Å². The van der Waals surface area contributed by atoms with Crippen LogP contribution >= 0.6 is 0 Å². The van der Waals surface area contributed by atoms with Crippen LogP contribution in [0.3, 0.4) is 0 Å². The lowest BCUT2D eigenvalue weighted by Gasteiger charge is -2.08. The van der Waals surface area contributed by atoms with E-state index in [9.17, 15) is 10.1 Å². The van der Waals surface area contributed by atoms with E-state index in [0.717, 1.165) is 11.3 Å². The lowest BCUT2D eigenvalue weighted by atomic mass is 10.2. The minimum Gasteiger partial charge on any atom is -0.493 e. The van der Waals surface area contributed by atoms with Crippen LogP contribution in [0.1, 0.15) is 25.0 Å². The highest BCUT2D eigenvalue weighted by Crippen LogP contribution is 2.14. The summed E-state index contributed by atoms with van der Waals surface area (Å²) in [5, 5.41) is 14.6. The lowest BCUT2D eigenvalue weighted by molar-refractivity contribution is -0.384.